The second-order valence-electron chi connectivity index (χ2n) is 13.1. The van der Waals surface area contributed by atoms with Gasteiger partial charge in [-0.15, -0.1) is 0 Å². The number of ether oxygens (including phenoxy) is 1. The van der Waals surface area contributed by atoms with Crippen molar-refractivity contribution in [3.05, 3.63) is 0 Å². The molecule has 3 fully saturated rings. The zero-order valence-electron chi connectivity index (χ0n) is 27.5. The van der Waals surface area contributed by atoms with E-state index in [-0.39, 0.29) is 18.4 Å². The summed E-state index contributed by atoms with van der Waals surface area (Å²) < 4.78 is 6.30. The number of nitrogens with zero attached hydrogens (tertiary/aromatic N) is 1. The Morgan fingerprint density at radius 1 is 0.844 bits per heavy atom. The van der Waals surface area contributed by atoms with Crippen LogP contribution in [0.5, 0.6) is 0 Å². The smallest absolute Gasteiger partial charge is 0.247 e. The maximum Gasteiger partial charge on any atom is 0.247 e. The van der Waals surface area contributed by atoms with Crippen LogP contribution >= 0.6 is 0 Å². The summed E-state index contributed by atoms with van der Waals surface area (Å²) in [5.74, 6) is -3.25. The molecule has 1 saturated heterocycles. The van der Waals surface area contributed by atoms with Gasteiger partial charge in [0.1, 0.15) is 30.4 Å². The summed E-state index contributed by atoms with van der Waals surface area (Å²) in [6, 6.07) is -4.30. The van der Waals surface area contributed by atoms with E-state index in [0.29, 0.717) is 25.7 Å². The van der Waals surface area contributed by atoms with Crippen LogP contribution in [-0.2, 0) is 28.7 Å². The summed E-state index contributed by atoms with van der Waals surface area (Å²) >= 11 is 0. The number of aliphatic hydroxyl groups is 1. The van der Waals surface area contributed by atoms with Gasteiger partial charge in [-0.2, -0.15) is 0 Å². The van der Waals surface area contributed by atoms with Gasteiger partial charge in [0.15, 0.2) is 0 Å². The van der Waals surface area contributed by atoms with Gasteiger partial charge in [0.2, 0.25) is 29.5 Å². The molecule has 256 valence electrons. The molecule has 0 radical (unpaired) electrons. The molecule has 0 aromatic rings. The van der Waals surface area contributed by atoms with Crippen molar-refractivity contribution in [2.24, 2.45) is 17.6 Å². The van der Waals surface area contributed by atoms with Crippen LogP contribution in [0.4, 0.5) is 0 Å². The Morgan fingerprint density at radius 3 is 2.09 bits per heavy atom. The third kappa shape index (κ3) is 10.1. The number of nitrogens with one attached hydrogen (secondary N) is 4. The molecule has 13 heteroatoms. The van der Waals surface area contributed by atoms with Gasteiger partial charge in [0.05, 0.1) is 18.1 Å². The van der Waals surface area contributed by atoms with Crippen molar-refractivity contribution in [1.82, 2.24) is 26.2 Å². The predicted molar refractivity (Wildman–Crippen MR) is 168 cm³/mol. The first kappa shape index (κ1) is 36.7. The highest BCUT2D eigenvalue weighted by Gasteiger charge is 2.40. The van der Waals surface area contributed by atoms with Crippen LogP contribution in [0.1, 0.15) is 104 Å². The van der Waals surface area contributed by atoms with Gasteiger partial charge in [-0.1, -0.05) is 58.3 Å². The molecule has 2 aliphatic carbocycles. The minimum Gasteiger partial charge on any atom is -0.391 e. The number of hydrogen-bond acceptors (Lipinski definition) is 8. The van der Waals surface area contributed by atoms with Crippen molar-refractivity contribution in [2.75, 3.05) is 13.6 Å². The largest absolute Gasteiger partial charge is 0.391 e. The molecule has 5 amide bonds. The average Bonchev–Trinajstić information content (AvgIpc) is 3.00. The minimum atomic E-state index is -1.35. The van der Waals surface area contributed by atoms with Gasteiger partial charge in [-0.25, -0.2) is 0 Å². The van der Waals surface area contributed by atoms with E-state index < -0.39 is 72.1 Å². The van der Waals surface area contributed by atoms with Crippen molar-refractivity contribution in [3.63, 3.8) is 0 Å². The van der Waals surface area contributed by atoms with Gasteiger partial charge in [-0.05, 0) is 51.9 Å². The molecule has 8 atom stereocenters. The Kier molecular flexibility index (Phi) is 14.5. The van der Waals surface area contributed by atoms with Gasteiger partial charge in [0.25, 0.3) is 0 Å². The van der Waals surface area contributed by atoms with Crippen LogP contribution < -0.4 is 27.0 Å². The molecule has 2 saturated carbocycles. The average molecular weight is 637 g/mol. The Balaban J connectivity index is 2.03. The number of rotatable bonds is 5. The standard InChI is InChI=1S/C32H56N6O7/c1-5-13-24-29(41)37-27(21-14-9-8-10-15-21)31(43)35-23(18-33)28(40)36-26(19(2)39)30(42)34-20(3)45-25-17-12-7-6-11-16-22(25)32(44)38(24)4/h19-27,39H,5-18,33H2,1-4H3,(H,34,42)(H,35,43)(H,36,40)(H,37,41)/t19-,20-,22+,23-,24-,25+,26-,27-/m0/s1. The monoisotopic (exact) mass is 636 g/mol. The predicted octanol–water partition coefficient (Wildman–Crippen LogP) is 0.819. The highest BCUT2D eigenvalue weighted by molar-refractivity contribution is 5.96. The number of amides is 5. The normalized spacial score (nSPS) is 33.2. The number of carbonyl (C=O) groups excluding carboxylic acids is 5. The fraction of sp³-hybridized carbons (Fsp3) is 0.844. The quantitative estimate of drug-likeness (QED) is 0.255. The van der Waals surface area contributed by atoms with Crippen LogP contribution in [-0.4, -0.2) is 95.7 Å². The highest BCUT2D eigenvalue weighted by atomic mass is 16.5. The molecular weight excluding hydrogens is 580 g/mol. The third-order valence-corrected chi connectivity index (χ3v) is 9.56. The molecule has 0 aromatic carbocycles. The van der Waals surface area contributed by atoms with Gasteiger partial charge >= 0.3 is 0 Å². The second-order valence-corrected chi connectivity index (χ2v) is 13.1. The number of hydrogen-bond donors (Lipinski definition) is 6. The fourth-order valence-corrected chi connectivity index (χ4v) is 6.94. The number of fused-ring (bicyclic) bond motifs is 1. The Morgan fingerprint density at radius 2 is 1.47 bits per heavy atom. The van der Waals surface area contributed by atoms with E-state index in [1.807, 2.05) is 6.92 Å². The van der Waals surface area contributed by atoms with E-state index in [0.717, 1.165) is 57.8 Å². The lowest BCUT2D eigenvalue weighted by Gasteiger charge is -2.37. The number of nitrogens with two attached hydrogens (primary N) is 1. The molecule has 0 aromatic heterocycles. The maximum atomic E-state index is 14.2. The summed E-state index contributed by atoms with van der Waals surface area (Å²) in [7, 11) is 1.64. The SMILES string of the molecule is CCC[C@H]1C(=O)N[C@@H](C2CCCCC2)C(=O)N[C@@H](CN)C(=O)N[C@@H]([C@H](C)O)C(=O)N[C@H](C)O[C@@H]2CCCCCC[C@H]2C(=O)N1C. The van der Waals surface area contributed by atoms with E-state index in [1.54, 1.807) is 14.0 Å². The maximum absolute atomic E-state index is 14.2. The lowest BCUT2D eigenvalue weighted by atomic mass is 9.83. The zero-order chi connectivity index (χ0) is 33.1. The van der Waals surface area contributed by atoms with E-state index in [1.165, 1.54) is 11.8 Å². The molecule has 0 bridgehead atoms. The number of likely N-dealkylation sites (N-methyl/N-ethyl adjacent to an activating group) is 1. The van der Waals surface area contributed by atoms with Crippen molar-refractivity contribution in [3.8, 4) is 0 Å². The first-order valence-corrected chi connectivity index (χ1v) is 17.0. The topological polar surface area (TPSA) is 192 Å². The first-order valence-electron chi connectivity index (χ1n) is 17.0. The Bertz CT molecular complexity index is 1020. The summed E-state index contributed by atoms with van der Waals surface area (Å²) in [6.45, 7) is 4.69. The molecule has 3 aliphatic rings. The van der Waals surface area contributed by atoms with E-state index >= 15 is 0 Å². The van der Waals surface area contributed by atoms with Crippen LogP contribution in [0.25, 0.3) is 0 Å². The second kappa shape index (κ2) is 17.8. The fourth-order valence-electron chi connectivity index (χ4n) is 6.94. The van der Waals surface area contributed by atoms with Crippen molar-refractivity contribution in [2.45, 2.75) is 147 Å². The zero-order valence-corrected chi connectivity index (χ0v) is 27.5. The summed E-state index contributed by atoms with van der Waals surface area (Å²) in [5.41, 5.74) is 5.90. The van der Waals surface area contributed by atoms with Crippen molar-refractivity contribution in [1.29, 1.82) is 0 Å². The molecule has 0 spiro atoms. The van der Waals surface area contributed by atoms with Crippen molar-refractivity contribution >= 4 is 29.5 Å². The molecule has 0 unspecified atom stereocenters. The molecule has 1 aliphatic heterocycles. The Hall–Kier alpha value is -2.77. The van der Waals surface area contributed by atoms with Crippen molar-refractivity contribution < 1.29 is 33.8 Å². The van der Waals surface area contributed by atoms with Gasteiger partial charge in [0, 0.05) is 13.6 Å². The number of aliphatic hydroxyl groups excluding tert-OH is 1. The summed E-state index contributed by atoms with van der Waals surface area (Å²) in [5, 5.41) is 21.3. The first-order chi connectivity index (χ1) is 21.5. The van der Waals surface area contributed by atoms with Crippen LogP contribution in [0, 0.1) is 11.8 Å². The summed E-state index contributed by atoms with van der Waals surface area (Å²) in [4.78, 5) is 69.9. The van der Waals surface area contributed by atoms with Crippen LogP contribution in [0.2, 0.25) is 0 Å². The van der Waals surface area contributed by atoms with Crippen LogP contribution in [0.15, 0.2) is 0 Å². The van der Waals surface area contributed by atoms with Gasteiger partial charge in [-0.3, -0.25) is 24.0 Å². The van der Waals surface area contributed by atoms with E-state index in [2.05, 4.69) is 21.3 Å². The molecular formula is C32H56N6O7. The third-order valence-electron chi connectivity index (χ3n) is 9.56. The van der Waals surface area contributed by atoms with E-state index in [4.69, 9.17) is 10.5 Å². The lowest BCUT2D eigenvalue weighted by molar-refractivity contribution is -0.152. The molecule has 1 heterocycles. The molecule has 3 rings (SSSR count). The minimum absolute atomic E-state index is 0.154. The highest BCUT2D eigenvalue weighted by Crippen LogP contribution is 2.30. The molecule has 7 N–H and O–H groups in total. The van der Waals surface area contributed by atoms with E-state index in [9.17, 15) is 29.1 Å². The lowest BCUT2D eigenvalue weighted by Crippen LogP contribution is -2.63. The Labute approximate surface area is 267 Å². The van der Waals surface area contributed by atoms with Gasteiger partial charge < -0.3 is 41.7 Å². The number of carbonyl (C=O) groups is 5. The molecule has 45 heavy (non-hydrogen) atoms. The van der Waals surface area contributed by atoms with Crippen LogP contribution in [0.3, 0.4) is 0 Å². The molecule has 13 nitrogen and oxygen atoms in total. The summed E-state index contributed by atoms with van der Waals surface area (Å²) in [6.07, 6.45) is 7.61.